The van der Waals surface area contributed by atoms with Crippen LogP contribution in [0.25, 0.3) is 10.1 Å². The molecule has 1 N–H and O–H groups in total. The van der Waals surface area contributed by atoms with Crippen molar-refractivity contribution in [3.63, 3.8) is 0 Å². The van der Waals surface area contributed by atoms with Gasteiger partial charge in [-0.3, -0.25) is 0 Å². The first-order valence-electron chi connectivity index (χ1n) is 8.34. The molecular formula is C17H22N2O4S2. The summed E-state index contributed by atoms with van der Waals surface area (Å²) in [6.07, 6.45) is 1.83. The van der Waals surface area contributed by atoms with Gasteiger partial charge in [-0.1, -0.05) is 0 Å². The predicted octanol–water partition coefficient (Wildman–Crippen LogP) is 2.45. The molecule has 1 aromatic carbocycles. The standard InChI is InChI=1S/C17H22N2O4S2/c1-3-23-17(20)16-10-12-9-14(6-7-15(12)24-16)25(21,22)19-8-4-5-13(11-19)18-2/h6-7,9-10,13,18H,3-5,8,11H2,1-2H3. The van der Waals surface area contributed by atoms with Crippen molar-refractivity contribution in [2.45, 2.75) is 30.7 Å². The number of nitrogens with one attached hydrogen (secondary N) is 1. The van der Waals surface area contributed by atoms with Gasteiger partial charge in [0.25, 0.3) is 0 Å². The minimum absolute atomic E-state index is 0.184. The maximum atomic E-state index is 12.9. The van der Waals surface area contributed by atoms with Gasteiger partial charge in [0.2, 0.25) is 10.0 Å². The first kappa shape index (κ1) is 18.3. The van der Waals surface area contributed by atoms with E-state index in [1.807, 2.05) is 7.05 Å². The Labute approximate surface area is 151 Å². The van der Waals surface area contributed by atoms with Crippen LogP contribution in [0.4, 0.5) is 0 Å². The lowest BCUT2D eigenvalue weighted by Crippen LogP contribution is -2.46. The third-order valence-electron chi connectivity index (χ3n) is 4.39. The van der Waals surface area contributed by atoms with Crippen molar-refractivity contribution in [3.05, 3.63) is 29.1 Å². The summed E-state index contributed by atoms with van der Waals surface area (Å²) in [4.78, 5) is 12.6. The van der Waals surface area contributed by atoms with Crippen molar-refractivity contribution in [1.29, 1.82) is 0 Å². The molecule has 1 unspecified atom stereocenters. The second-order valence-electron chi connectivity index (χ2n) is 6.02. The number of hydrogen-bond acceptors (Lipinski definition) is 6. The zero-order chi connectivity index (χ0) is 18.0. The number of hydrogen-bond donors (Lipinski definition) is 1. The summed E-state index contributed by atoms with van der Waals surface area (Å²) < 4.78 is 33.3. The zero-order valence-electron chi connectivity index (χ0n) is 14.3. The fraction of sp³-hybridized carbons (Fsp3) is 0.471. The number of carbonyl (C=O) groups excluding carboxylic acids is 1. The highest BCUT2D eigenvalue weighted by Gasteiger charge is 2.30. The molecule has 8 heteroatoms. The van der Waals surface area contributed by atoms with Gasteiger partial charge in [-0.25, -0.2) is 13.2 Å². The molecule has 0 bridgehead atoms. The van der Waals surface area contributed by atoms with Crippen LogP contribution < -0.4 is 5.32 Å². The van der Waals surface area contributed by atoms with Crippen molar-refractivity contribution < 1.29 is 17.9 Å². The molecule has 1 fully saturated rings. The Balaban J connectivity index is 1.91. The quantitative estimate of drug-likeness (QED) is 0.804. The fourth-order valence-corrected chi connectivity index (χ4v) is 5.53. The second kappa shape index (κ2) is 7.41. The molecule has 1 saturated heterocycles. The second-order valence-corrected chi connectivity index (χ2v) is 9.04. The molecule has 3 rings (SSSR count). The summed E-state index contributed by atoms with van der Waals surface area (Å²) in [7, 11) is -1.68. The number of nitrogens with zero attached hydrogens (tertiary/aromatic N) is 1. The van der Waals surface area contributed by atoms with E-state index in [2.05, 4.69) is 5.32 Å². The minimum Gasteiger partial charge on any atom is -0.462 e. The molecule has 1 aromatic heterocycles. The van der Waals surface area contributed by atoms with Crippen LogP contribution in [0.15, 0.2) is 29.2 Å². The van der Waals surface area contributed by atoms with E-state index in [0.29, 0.717) is 24.6 Å². The van der Waals surface area contributed by atoms with Crippen LogP contribution in [0.2, 0.25) is 0 Å². The number of ether oxygens (including phenoxy) is 1. The monoisotopic (exact) mass is 382 g/mol. The van der Waals surface area contributed by atoms with E-state index in [9.17, 15) is 13.2 Å². The molecule has 0 radical (unpaired) electrons. The minimum atomic E-state index is -3.54. The van der Waals surface area contributed by atoms with E-state index in [4.69, 9.17) is 4.74 Å². The highest BCUT2D eigenvalue weighted by atomic mass is 32.2. The molecule has 0 saturated carbocycles. The normalized spacial score (nSPS) is 19.2. The summed E-state index contributed by atoms with van der Waals surface area (Å²) in [5.41, 5.74) is 0. The fourth-order valence-electron chi connectivity index (χ4n) is 3.03. The van der Waals surface area contributed by atoms with Crippen molar-refractivity contribution in [1.82, 2.24) is 9.62 Å². The molecule has 25 heavy (non-hydrogen) atoms. The molecule has 0 spiro atoms. The number of fused-ring (bicyclic) bond motifs is 1. The molecule has 0 amide bonds. The van der Waals surface area contributed by atoms with Gasteiger partial charge in [-0.15, -0.1) is 11.3 Å². The topological polar surface area (TPSA) is 75.7 Å². The average molecular weight is 383 g/mol. The smallest absolute Gasteiger partial charge is 0.348 e. The molecule has 136 valence electrons. The molecule has 1 aliphatic heterocycles. The summed E-state index contributed by atoms with van der Waals surface area (Å²) in [5, 5.41) is 3.91. The predicted molar refractivity (Wildman–Crippen MR) is 98.6 cm³/mol. The number of sulfonamides is 1. The van der Waals surface area contributed by atoms with Crippen LogP contribution in [0, 0.1) is 0 Å². The first-order valence-corrected chi connectivity index (χ1v) is 10.6. The van der Waals surface area contributed by atoms with Crippen molar-refractivity contribution in [2.24, 2.45) is 0 Å². The Morgan fingerprint density at radius 1 is 1.40 bits per heavy atom. The van der Waals surface area contributed by atoms with Crippen LogP contribution in [0.5, 0.6) is 0 Å². The summed E-state index contributed by atoms with van der Waals surface area (Å²) in [5.74, 6) is -0.374. The van der Waals surface area contributed by atoms with Crippen molar-refractivity contribution in [2.75, 3.05) is 26.7 Å². The number of benzene rings is 1. The van der Waals surface area contributed by atoms with E-state index in [1.165, 1.54) is 15.6 Å². The van der Waals surface area contributed by atoms with Gasteiger partial charge in [-0.05, 0) is 56.5 Å². The van der Waals surface area contributed by atoms with Gasteiger partial charge < -0.3 is 10.1 Å². The van der Waals surface area contributed by atoms with Gasteiger partial charge in [0, 0.05) is 23.8 Å². The average Bonchev–Trinajstić information content (AvgIpc) is 3.05. The maximum absolute atomic E-state index is 12.9. The first-order chi connectivity index (χ1) is 12.0. The van der Waals surface area contributed by atoms with Gasteiger partial charge in [0.1, 0.15) is 4.88 Å². The molecule has 6 nitrogen and oxygen atoms in total. The van der Waals surface area contributed by atoms with Crippen LogP contribution in [-0.2, 0) is 14.8 Å². The Kier molecular flexibility index (Phi) is 5.43. The third kappa shape index (κ3) is 3.72. The molecule has 1 atom stereocenters. The number of thiophene rings is 1. The summed E-state index contributed by atoms with van der Waals surface area (Å²) >= 11 is 1.31. The SMILES string of the molecule is CCOC(=O)c1cc2cc(S(=O)(=O)N3CCCC(NC)C3)ccc2s1. The maximum Gasteiger partial charge on any atom is 0.348 e. The van der Waals surface area contributed by atoms with Crippen molar-refractivity contribution >= 4 is 37.4 Å². The Morgan fingerprint density at radius 3 is 2.92 bits per heavy atom. The van der Waals surface area contributed by atoms with Gasteiger partial charge in [-0.2, -0.15) is 4.31 Å². The van der Waals surface area contributed by atoms with E-state index < -0.39 is 10.0 Å². The summed E-state index contributed by atoms with van der Waals surface area (Å²) in [6, 6.07) is 6.90. The van der Waals surface area contributed by atoms with Crippen LogP contribution >= 0.6 is 11.3 Å². The van der Waals surface area contributed by atoms with E-state index in [-0.39, 0.29) is 16.9 Å². The molecule has 0 aliphatic carbocycles. The van der Waals surface area contributed by atoms with Gasteiger partial charge in [0.15, 0.2) is 0 Å². The molecule has 2 aromatic rings. The van der Waals surface area contributed by atoms with Gasteiger partial charge >= 0.3 is 5.97 Å². The highest BCUT2D eigenvalue weighted by Crippen LogP contribution is 2.30. The Hall–Kier alpha value is -1.48. The van der Waals surface area contributed by atoms with E-state index in [0.717, 1.165) is 22.9 Å². The Morgan fingerprint density at radius 2 is 2.20 bits per heavy atom. The van der Waals surface area contributed by atoms with Crippen LogP contribution in [-0.4, -0.2) is 51.5 Å². The van der Waals surface area contributed by atoms with E-state index in [1.54, 1.807) is 31.2 Å². The number of likely N-dealkylation sites (N-methyl/N-ethyl adjacent to an activating group) is 1. The zero-order valence-corrected chi connectivity index (χ0v) is 16.0. The highest BCUT2D eigenvalue weighted by molar-refractivity contribution is 7.89. The van der Waals surface area contributed by atoms with Crippen LogP contribution in [0.1, 0.15) is 29.4 Å². The number of carbonyl (C=O) groups is 1. The molecular weight excluding hydrogens is 360 g/mol. The lowest BCUT2D eigenvalue weighted by molar-refractivity contribution is 0.0532. The van der Waals surface area contributed by atoms with Gasteiger partial charge in [0.05, 0.1) is 11.5 Å². The lowest BCUT2D eigenvalue weighted by Gasteiger charge is -2.31. The lowest BCUT2D eigenvalue weighted by atomic mass is 10.1. The summed E-state index contributed by atoms with van der Waals surface area (Å²) in [6.45, 7) is 3.09. The van der Waals surface area contributed by atoms with Crippen molar-refractivity contribution in [3.8, 4) is 0 Å². The molecule has 2 heterocycles. The van der Waals surface area contributed by atoms with Crippen LogP contribution in [0.3, 0.4) is 0 Å². The molecule has 1 aliphatic rings. The van der Waals surface area contributed by atoms with E-state index >= 15 is 0 Å². The Bertz CT molecular complexity index is 876. The largest absolute Gasteiger partial charge is 0.462 e. The number of rotatable bonds is 5. The number of esters is 1. The third-order valence-corrected chi connectivity index (χ3v) is 7.35. The number of piperidine rings is 1.